The Hall–Kier alpha value is -0.210. The smallest absolute Gasteiger partial charge is 0.281 e. The molecule has 0 amide bonds. The SMILES string of the molecule is CCNCCCN(C)S(=O)(=O)N1CCCC(N(C)C)C1. The van der Waals surface area contributed by atoms with E-state index in [1.54, 1.807) is 11.4 Å². The van der Waals surface area contributed by atoms with Crippen LogP contribution in [0.5, 0.6) is 0 Å². The molecular formula is C13H30N4O2S. The molecule has 20 heavy (non-hydrogen) atoms. The van der Waals surface area contributed by atoms with Gasteiger partial charge < -0.3 is 10.2 Å². The van der Waals surface area contributed by atoms with E-state index in [9.17, 15) is 8.42 Å². The first-order valence-corrected chi connectivity index (χ1v) is 8.87. The van der Waals surface area contributed by atoms with Gasteiger partial charge in [-0.2, -0.15) is 17.0 Å². The highest BCUT2D eigenvalue weighted by Gasteiger charge is 2.32. The van der Waals surface area contributed by atoms with Crippen LogP contribution in [0.25, 0.3) is 0 Å². The first-order chi connectivity index (χ1) is 9.39. The van der Waals surface area contributed by atoms with E-state index in [4.69, 9.17) is 0 Å². The first-order valence-electron chi connectivity index (χ1n) is 7.48. The predicted molar refractivity (Wildman–Crippen MR) is 83.0 cm³/mol. The summed E-state index contributed by atoms with van der Waals surface area (Å²) in [4.78, 5) is 2.12. The number of nitrogens with one attached hydrogen (secondary N) is 1. The molecule has 1 rings (SSSR count). The van der Waals surface area contributed by atoms with E-state index >= 15 is 0 Å². The molecule has 7 heteroatoms. The topological polar surface area (TPSA) is 55.9 Å². The maximum atomic E-state index is 12.5. The van der Waals surface area contributed by atoms with Crippen LogP contribution in [0.1, 0.15) is 26.2 Å². The highest BCUT2D eigenvalue weighted by molar-refractivity contribution is 7.86. The lowest BCUT2D eigenvalue weighted by atomic mass is 10.1. The van der Waals surface area contributed by atoms with Crippen LogP contribution in [0, 0.1) is 0 Å². The van der Waals surface area contributed by atoms with Crippen LogP contribution in [-0.2, 0) is 10.2 Å². The van der Waals surface area contributed by atoms with Crippen LogP contribution in [-0.4, -0.2) is 81.8 Å². The van der Waals surface area contributed by atoms with Crippen molar-refractivity contribution in [2.75, 3.05) is 53.9 Å². The normalized spacial score (nSPS) is 21.8. The lowest BCUT2D eigenvalue weighted by molar-refractivity contribution is 0.184. The molecular weight excluding hydrogens is 276 g/mol. The second-order valence-electron chi connectivity index (χ2n) is 5.65. The van der Waals surface area contributed by atoms with E-state index in [0.29, 0.717) is 25.7 Å². The minimum atomic E-state index is -3.30. The Balaban J connectivity index is 2.53. The van der Waals surface area contributed by atoms with Crippen molar-refractivity contribution in [1.29, 1.82) is 0 Å². The summed E-state index contributed by atoms with van der Waals surface area (Å²) in [7, 11) is 2.41. The summed E-state index contributed by atoms with van der Waals surface area (Å²) < 4.78 is 28.2. The molecule has 0 aromatic heterocycles. The van der Waals surface area contributed by atoms with Crippen LogP contribution >= 0.6 is 0 Å². The Bertz CT molecular complexity index is 373. The largest absolute Gasteiger partial charge is 0.317 e. The zero-order chi connectivity index (χ0) is 15.2. The highest BCUT2D eigenvalue weighted by atomic mass is 32.2. The molecule has 0 saturated carbocycles. The highest BCUT2D eigenvalue weighted by Crippen LogP contribution is 2.18. The molecule has 1 aliphatic rings. The summed E-state index contributed by atoms with van der Waals surface area (Å²) in [5, 5.41) is 3.21. The van der Waals surface area contributed by atoms with Gasteiger partial charge in [-0.1, -0.05) is 6.92 Å². The Morgan fingerprint density at radius 2 is 2.00 bits per heavy atom. The molecule has 1 unspecified atom stereocenters. The van der Waals surface area contributed by atoms with Crippen LogP contribution in [0.3, 0.4) is 0 Å². The third kappa shape index (κ3) is 4.96. The molecule has 0 radical (unpaired) electrons. The fourth-order valence-electron chi connectivity index (χ4n) is 2.47. The molecule has 120 valence electrons. The van der Waals surface area contributed by atoms with Crippen LogP contribution in [0.2, 0.25) is 0 Å². The number of likely N-dealkylation sites (N-methyl/N-ethyl adjacent to an activating group) is 1. The number of hydrogen-bond donors (Lipinski definition) is 1. The third-order valence-corrected chi connectivity index (χ3v) is 5.84. The molecule has 1 fully saturated rings. The molecule has 0 spiro atoms. The van der Waals surface area contributed by atoms with E-state index in [-0.39, 0.29) is 0 Å². The third-order valence-electron chi connectivity index (χ3n) is 3.89. The fourth-order valence-corrected chi connectivity index (χ4v) is 3.94. The van der Waals surface area contributed by atoms with Gasteiger partial charge in [-0.15, -0.1) is 0 Å². The Morgan fingerprint density at radius 3 is 2.60 bits per heavy atom. The second kappa shape index (κ2) is 8.29. The molecule has 0 aromatic rings. The Labute approximate surface area is 124 Å². The van der Waals surface area contributed by atoms with E-state index in [1.165, 1.54) is 4.31 Å². The summed E-state index contributed by atoms with van der Waals surface area (Å²) in [6.45, 7) is 5.65. The Kier molecular flexibility index (Phi) is 7.39. The second-order valence-corrected chi connectivity index (χ2v) is 7.69. The minimum absolute atomic E-state index is 0.327. The van der Waals surface area contributed by atoms with Gasteiger partial charge in [0.1, 0.15) is 0 Å². The van der Waals surface area contributed by atoms with Crippen LogP contribution < -0.4 is 5.32 Å². The summed E-state index contributed by atoms with van der Waals surface area (Å²) in [5.41, 5.74) is 0. The average molecular weight is 306 g/mol. The summed E-state index contributed by atoms with van der Waals surface area (Å²) in [6, 6.07) is 0.327. The molecule has 1 saturated heterocycles. The number of rotatable bonds is 8. The monoisotopic (exact) mass is 306 g/mol. The van der Waals surface area contributed by atoms with Crippen molar-refractivity contribution >= 4 is 10.2 Å². The summed E-state index contributed by atoms with van der Waals surface area (Å²) in [5.74, 6) is 0. The molecule has 1 N–H and O–H groups in total. The molecule has 1 heterocycles. The predicted octanol–water partition coefficient (Wildman–Crippen LogP) is 0.189. The molecule has 1 aliphatic heterocycles. The molecule has 6 nitrogen and oxygen atoms in total. The van der Waals surface area contributed by atoms with Gasteiger partial charge >= 0.3 is 0 Å². The van der Waals surface area contributed by atoms with Gasteiger partial charge in [-0.3, -0.25) is 0 Å². The summed E-state index contributed by atoms with van der Waals surface area (Å²) in [6.07, 6.45) is 2.85. The molecule has 0 aliphatic carbocycles. The summed E-state index contributed by atoms with van der Waals surface area (Å²) >= 11 is 0. The van der Waals surface area contributed by atoms with Crippen LogP contribution in [0.4, 0.5) is 0 Å². The van der Waals surface area contributed by atoms with Gasteiger partial charge in [0, 0.05) is 32.7 Å². The first kappa shape index (κ1) is 17.8. The van der Waals surface area contributed by atoms with Gasteiger partial charge in [-0.05, 0) is 46.4 Å². The minimum Gasteiger partial charge on any atom is -0.317 e. The number of nitrogens with zero attached hydrogens (tertiary/aromatic N) is 3. The van der Waals surface area contributed by atoms with Crippen molar-refractivity contribution in [3.05, 3.63) is 0 Å². The molecule has 0 bridgehead atoms. The van der Waals surface area contributed by atoms with Crippen molar-refractivity contribution in [1.82, 2.24) is 18.8 Å². The standard InChI is InChI=1S/C13H30N4O2S/c1-5-14-9-7-10-16(4)20(18,19)17-11-6-8-13(12-17)15(2)3/h13-14H,5-12H2,1-4H3. The van der Waals surface area contributed by atoms with E-state index in [2.05, 4.69) is 17.1 Å². The molecule has 1 atom stereocenters. The van der Waals surface area contributed by atoms with Crippen molar-refractivity contribution in [3.63, 3.8) is 0 Å². The van der Waals surface area contributed by atoms with E-state index in [1.807, 2.05) is 14.1 Å². The van der Waals surface area contributed by atoms with Gasteiger partial charge in [0.15, 0.2) is 0 Å². The van der Waals surface area contributed by atoms with Crippen molar-refractivity contribution in [2.45, 2.75) is 32.2 Å². The quantitative estimate of drug-likeness (QED) is 0.651. The number of hydrogen-bond acceptors (Lipinski definition) is 4. The fraction of sp³-hybridized carbons (Fsp3) is 1.00. The van der Waals surface area contributed by atoms with Gasteiger partial charge in [0.2, 0.25) is 0 Å². The zero-order valence-corrected chi connectivity index (χ0v) is 14.1. The van der Waals surface area contributed by atoms with Crippen LogP contribution in [0.15, 0.2) is 0 Å². The van der Waals surface area contributed by atoms with E-state index in [0.717, 1.165) is 32.4 Å². The van der Waals surface area contributed by atoms with Gasteiger partial charge in [-0.25, -0.2) is 0 Å². The van der Waals surface area contributed by atoms with Gasteiger partial charge in [0.05, 0.1) is 0 Å². The Morgan fingerprint density at radius 1 is 1.30 bits per heavy atom. The van der Waals surface area contributed by atoms with Crippen molar-refractivity contribution in [2.24, 2.45) is 0 Å². The maximum absolute atomic E-state index is 12.5. The zero-order valence-electron chi connectivity index (χ0n) is 13.3. The van der Waals surface area contributed by atoms with Crippen molar-refractivity contribution < 1.29 is 8.42 Å². The molecule has 0 aromatic carbocycles. The maximum Gasteiger partial charge on any atom is 0.281 e. The van der Waals surface area contributed by atoms with E-state index < -0.39 is 10.2 Å². The lowest BCUT2D eigenvalue weighted by Crippen LogP contribution is -2.51. The van der Waals surface area contributed by atoms with Gasteiger partial charge in [0.25, 0.3) is 10.2 Å². The van der Waals surface area contributed by atoms with Crippen molar-refractivity contribution in [3.8, 4) is 0 Å². The number of piperidine rings is 1. The average Bonchev–Trinajstić information content (AvgIpc) is 2.43. The lowest BCUT2D eigenvalue weighted by Gasteiger charge is -2.37.